The second-order valence-corrected chi connectivity index (χ2v) is 3.11. The summed E-state index contributed by atoms with van der Waals surface area (Å²) >= 11 is 0. The maximum absolute atomic E-state index is 11.0. The zero-order chi connectivity index (χ0) is 11.4. The molecular weight excluding hydrogens is 194 g/mol. The number of nitrogens with two attached hydrogens (primary N) is 1. The van der Waals surface area contributed by atoms with Crippen LogP contribution in [0.4, 0.5) is 0 Å². The van der Waals surface area contributed by atoms with Gasteiger partial charge >= 0.3 is 5.97 Å². The molecule has 3 N–H and O–H groups in total. The van der Waals surface area contributed by atoms with Crippen molar-refractivity contribution in [3.63, 3.8) is 0 Å². The molecule has 15 heavy (non-hydrogen) atoms. The third kappa shape index (κ3) is 2.95. The number of rotatable bonds is 3. The number of carbonyl (C=O) groups excluding carboxylic acids is 1. The summed E-state index contributed by atoms with van der Waals surface area (Å²) in [5.74, 6) is -1.55. The van der Waals surface area contributed by atoms with E-state index in [2.05, 4.69) is 0 Å². The molecule has 0 spiro atoms. The summed E-state index contributed by atoms with van der Waals surface area (Å²) in [6.45, 7) is 1.77. The smallest absolute Gasteiger partial charge is 0.328 e. The zero-order valence-electron chi connectivity index (χ0n) is 8.23. The van der Waals surface area contributed by atoms with Crippen molar-refractivity contribution in [2.24, 2.45) is 5.73 Å². The minimum atomic E-state index is -1.03. The number of hydrogen-bond acceptors (Lipinski definition) is 2. The standard InChI is InChI=1S/C11H11NO3/c1-7-2-3-8(4-5-10(13)14)6-9(7)11(12)15/h2-6H,1H3,(H2,12,15)(H,13,14). The number of benzene rings is 1. The van der Waals surface area contributed by atoms with Crippen molar-refractivity contribution in [2.45, 2.75) is 6.92 Å². The molecule has 1 aromatic carbocycles. The first kappa shape index (κ1) is 11.0. The van der Waals surface area contributed by atoms with Crippen molar-refractivity contribution < 1.29 is 14.7 Å². The maximum atomic E-state index is 11.0. The third-order valence-electron chi connectivity index (χ3n) is 1.95. The molecule has 4 nitrogen and oxygen atoms in total. The molecule has 0 aliphatic rings. The quantitative estimate of drug-likeness (QED) is 0.727. The van der Waals surface area contributed by atoms with Gasteiger partial charge < -0.3 is 10.8 Å². The lowest BCUT2D eigenvalue weighted by Gasteiger charge is -2.02. The number of hydrogen-bond donors (Lipinski definition) is 2. The van der Waals surface area contributed by atoms with Crippen LogP contribution in [0.1, 0.15) is 21.5 Å². The monoisotopic (exact) mass is 205 g/mol. The average molecular weight is 205 g/mol. The van der Waals surface area contributed by atoms with Crippen molar-refractivity contribution in [1.82, 2.24) is 0 Å². The fourth-order valence-electron chi connectivity index (χ4n) is 1.18. The van der Waals surface area contributed by atoms with Gasteiger partial charge in [-0.1, -0.05) is 12.1 Å². The van der Waals surface area contributed by atoms with Gasteiger partial charge in [-0.25, -0.2) is 4.79 Å². The summed E-state index contributed by atoms with van der Waals surface area (Å²) < 4.78 is 0. The Bertz CT molecular complexity index is 435. The Morgan fingerprint density at radius 1 is 1.40 bits per heavy atom. The Hall–Kier alpha value is -2.10. The van der Waals surface area contributed by atoms with E-state index in [1.165, 1.54) is 6.08 Å². The van der Waals surface area contributed by atoms with Crippen molar-refractivity contribution in [2.75, 3.05) is 0 Å². The van der Waals surface area contributed by atoms with Gasteiger partial charge in [0.05, 0.1) is 0 Å². The van der Waals surface area contributed by atoms with Crippen LogP contribution in [0.2, 0.25) is 0 Å². The minimum absolute atomic E-state index is 0.405. The van der Waals surface area contributed by atoms with Crippen molar-refractivity contribution >= 4 is 18.0 Å². The fourth-order valence-corrected chi connectivity index (χ4v) is 1.18. The summed E-state index contributed by atoms with van der Waals surface area (Å²) in [6, 6.07) is 5.01. The molecule has 0 fully saturated rings. The van der Waals surface area contributed by atoms with E-state index in [0.717, 1.165) is 11.6 Å². The Balaban J connectivity index is 3.08. The first-order valence-corrected chi connectivity index (χ1v) is 4.32. The molecule has 0 heterocycles. The van der Waals surface area contributed by atoms with Crippen molar-refractivity contribution in [3.8, 4) is 0 Å². The normalized spacial score (nSPS) is 10.5. The highest BCUT2D eigenvalue weighted by molar-refractivity contribution is 5.95. The predicted molar refractivity (Wildman–Crippen MR) is 56.4 cm³/mol. The molecule has 4 heteroatoms. The molecule has 0 aromatic heterocycles. The Labute approximate surface area is 87.0 Å². The molecule has 0 atom stereocenters. The molecule has 0 saturated carbocycles. The van der Waals surface area contributed by atoms with E-state index >= 15 is 0 Å². The van der Waals surface area contributed by atoms with E-state index in [1.807, 2.05) is 0 Å². The van der Waals surface area contributed by atoms with E-state index in [-0.39, 0.29) is 0 Å². The van der Waals surface area contributed by atoms with E-state index in [0.29, 0.717) is 11.1 Å². The van der Waals surface area contributed by atoms with E-state index in [4.69, 9.17) is 10.8 Å². The Kier molecular flexibility index (Phi) is 3.23. The molecule has 1 rings (SSSR count). The second kappa shape index (κ2) is 4.41. The van der Waals surface area contributed by atoms with E-state index in [1.54, 1.807) is 25.1 Å². The molecule has 0 radical (unpaired) electrons. The molecule has 78 valence electrons. The Morgan fingerprint density at radius 2 is 2.07 bits per heavy atom. The molecule has 0 aliphatic carbocycles. The Morgan fingerprint density at radius 3 is 2.60 bits per heavy atom. The van der Waals surface area contributed by atoms with Crippen LogP contribution in [0, 0.1) is 6.92 Å². The maximum Gasteiger partial charge on any atom is 0.328 e. The van der Waals surface area contributed by atoms with Crippen LogP contribution in [0.25, 0.3) is 6.08 Å². The number of amides is 1. The highest BCUT2D eigenvalue weighted by Crippen LogP contribution is 2.11. The van der Waals surface area contributed by atoms with Crippen LogP contribution >= 0.6 is 0 Å². The number of primary amides is 1. The highest BCUT2D eigenvalue weighted by atomic mass is 16.4. The van der Waals surface area contributed by atoms with Crippen LogP contribution in [0.15, 0.2) is 24.3 Å². The molecule has 0 saturated heterocycles. The second-order valence-electron chi connectivity index (χ2n) is 3.11. The molecular formula is C11H11NO3. The van der Waals surface area contributed by atoms with Crippen molar-refractivity contribution in [1.29, 1.82) is 0 Å². The fraction of sp³-hybridized carbons (Fsp3) is 0.0909. The topological polar surface area (TPSA) is 80.4 Å². The average Bonchev–Trinajstić information content (AvgIpc) is 2.16. The summed E-state index contributed by atoms with van der Waals surface area (Å²) in [7, 11) is 0. The first-order chi connectivity index (χ1) is 7.00. The van der Waals surface area contributed by atoms with Crippen LogP contribution in [0.3, 0.4) is 0 Å². The first-order valence-electron chi connectivity index (χ1n) is 4.32. The van der Waals surface area contributed by atoms with Gasteiger partial charge in [-0.2, -0.15) is 0 Å². The number of carbonyl (C=O) groups is 2. The van der Waals surface area contributed by atoms with Gasteiger partial charge in [0.2, 0.25) is 5.91 Å². The van der Waals surface area contributed by atoms with Gasteiger partial charge in [-0.15, -0.1) is 0 Å². The number of carboxylic acids is 1. The summed E-state index contributed by atoms with van der Waals surface area (Å²) in [4.78, 5) is 21.3. The van der Waals surface area contributed by atoms with Gasteiger partial charge in [-0.3, -0.25) is 4.79 Å². The van der Waals surface area contributed by atoms with E-state index < -0.39 is 11.9 Å². The zero-order valence-corrected chi connectivity index (χ0v) is 8.23. The van der Waals surface area contributed by atoms with Crippen LogP contribution < -0.4 is 5.73 Å². The highest BCUT2D eigenvalue weighted by Gasteiger charge is 2.04. The molecule has 1 aromatic rings. The van der Waals surface area contributed by atoms with Gasteiger partial charge in [-0.05, 0) is 30.2 Å². The predicted octanol–water partition coefficient (Wildman–Crippen LogP) is 1.19. The summed E-state index contributed by atoms with van der Waals surface area (Å²) in [5, 5.41) is 8.43. The van der Waals surface area contributed by atoms with Crippen molar-refractivity contribution in [3.05, 3.63) is 41.0 Å². The van der Waals surface area contributed by atoms with Crippen LogP contribution in [-0.2, 0) is 4.79 Å². The van der Waals surface area contributed by atoms with Gasteiger partial charge in [0.25, 0.3) is 0 Å². The van der Waals surface area contributed by atoms with Crippen LogP contribution in [0.5, 0.6) is 0 Å². The summed E-state index contributed by atoms with van der Waals surface area (Å²) in [5.41, 5.74) is 6.97. The summed E-state index contributed by atoms with van der Waals surface area (Å²) in [6.07, 6.45) is 2.42. The third-order valence-corrected chi connectivity index (χ3v) is 1.95. The van der Waals surface area contributed by atoms with Gasteiger partial charge in [0.15, 0.2) is 0 Å². The minimum Gasteiger partial charge on any atom is -0.478 e. The van der Waals surface area contributed by atoms with E-state index in [9.17, 15) is 9.59 Å². The lowest BCUT2D eigenvalue weighted by molar-refractivity contribution is -0.131. The number of aryl methyl sites for hydroxylation is 1. The van der Waals surface area contributed by atoms with Crippen LogP contribution in [-0.4, -0.2) is 17.0 Å². The molecule has 1 amide bonds. The molecule has 0 bridgehead atoms. The number of carboxylic acid groups (broad SMARTS) is 1. The largest absolute Gasteiger partial charge is 0.478 e. The van der Waals surface area contributed by atoms with Gasteiger partial charge in [0.1, 0.15) is 0 Å². The SMILES string of the molecule is Cc1ccc(C=CC(=O)O)cc1C(N)=O. The lowest BCUT2D eigenvalue weighted by atomic mass is 10.0. The van der Waals surface area contributed by atoms with Gasteiger partial charge in [0, 0.05) is 11.6 Å². The number of aliphatic carboxylic acids is 1. The molecule has 0 unspecified atom stereocenters. The molecule has 0 aliphatic heterocycles. The lowest BCUT2D eigenvalue weighted by Crippen LogP contribution is -2.12.